The smallest absolute Gasteiger partial charge is 0.000442 e. The number of fused-ring (bicyclic) bond motifs is 1. The Morgan fingerprint density at radius 2 is 0.944 bits per heavy atom. The summed E-state index contributed by atoms with van der Waals surface area (Å²) in [4.78, 5) is 0. The highest BCUT2D eigenvalue weighted by molar-refractivity contribution is 5.82. The van der Waals surface area contributed by atoms with Gasteiger partial charge in [-0.2, -0.15) is 0 Å². The minimum atomic E-state index is 0. The molecule has 3 rings (SSSR count). The van der Waals surface area contributed by atoms with Gasteiger partial charge in [-0.3, -0.25) is 0 Å². The average Bonchev–Trinajstić information content (AvgIpc) is 2.72. The molecular weight excluding hydrogens is 217 g/mol. The molecule has 0 fully saturated rings. The molecule has 0 amide bonds. The Kier molecular flexibility index (Phi) is 6.13. The molecule has 87 valence electrons. The van der Waals surface area contributed by atoms with E-state index >= 15 is 0 Å². The van der Waals surface area contributed by atoms with Gasteiger partial charge in [0.1, 0.15) is 0 Å². The average molecular weight is 232 g/mol. The van der Waals surface area contributed by atoms with Crippen molar-refractivity contribution in [1.82, 2.24) is 5.32 Å². The van der Waals surface area contributed by atoms with Crippen LogP contribution in [0.3, 0.4) is 0 Å². The summed E-state index contributed by atoms with van der Waals surface area (Å²) in [5.41, 5.74) is 0. The largest absolute Gasteiger partial charge is 0.368 e. The zero-order chi connectivity index (χ0) is 11.8. The molecule has 0 spiro atoms. The van der Waals surface area contributed by atoms with Crippen LogP contribution < -0.4 is 5.32 Å². The third-order valence-electron chi connectivity index (χ3n) is 2.38. The molecule has 2 aromatic rings. The number of hydrogen-bond acceptors (Lipinski definition) is 1. The first-order valence-corrected chi connectivity index (χ1v) is 5.65. The van der Waals surface area contributed by atoms with Crippen molar-refractivity contribution in [2.24, 2.45) is 0 Å². The number of rotatable bonds is 0. The summed E-state index contributed by atoms with van der Waals surface area (Å²) in [7, 11) is 0. The fourth-order valence-electron chi connectivity index (χ4n) is 1.54. The lowest BCUT2D eigenvalue weighted by Crippen LogP contribution is -1.87. The summed E-state index contributed by atoms with van der Waals surface area (Å²) in [5.74, 6) is 0. The molecule has 1 N–H and O–H groups in total. The van der Waals surface area contributed by atoms with Crippen molar-refractivity contribution >= 4 is 19.2 Å². The maximum atomic E-state index is 2.92. The molecule has 1 heterocycles. The molecule has 2 heteroatoms. The number of nitrogens with one attached hydrogen (secondary N) is 1. The molecule has 0 saturated carbocycles. The molecule has 0 saturated heterocycles. The first-order valence-electron chi connectivity index (χ1n) is 5.65. The molecule has 0 atom stereocenters. The van der Waals surface area contributed by atoms with Gasteiger partial charge in [-0.05, 0) is 22.9 Å². The Morgan fingerprint density at radius 3 is 1.33 bits per heavy atom. The second-order valence-corrected chi connectivity index (χ2v) is 3.62. The molecule has 0 aromatic heterocycles. The lowest BCUT2D eigenvalue weighted by atomic mass is 10.1. The van der Waals surface area contributed by atoms with Crippen LogP contribution in [0.15, 0.2) is 85.2 Å². The van der Waals surface area contributed by atoms with Crippen LogP contribution in [0.4, 0.5) is 0 Å². The van der Waals surface area contributed by atoms with Crippen LogP contribution in [0.5, 0.6) is 0 Å². The van der Waals surface area contributed by atoms with Crippen LogP contribution in [0, 0.1) is 0 Å². The second-order valence-electron chi connectivity index (χ2n) is 3.62. The van der Waals surface area contributed by atoms with E-state index in [9.17, 15) is 0 Å². The van der Waals surface area contributed by atoms with E-state index in [4.69, 9.17) is 0 Å². The summed E-state index contributed by atoms with van der Waals surface area (Å²) >= 11 is 0. The molecular formula is C16H15BN. The monoisotopic (exact) mass is 232 g/mol. The van der Waals surface area contributed by atoms with Crippen LogP contribution in [0.2, 0.25) is 0 Å². The van der Waals surface area contributed by atoms with E-state index in [1.165, 1.54) is 10.8 Å². The molecule has 2 aromatic carbocycles. The maximum Gasteiger partial charge on any atom is 0.000442 e. The standard InChI is InChI=1S/C10H8.C6H7N.B/c1-2-6-10-8-4-3-7-9(10)5-1;1-2-4-6-7-5-3-1;/h1-8H;1-7H;. The number of benzene rings is 2. The van der Waals surface area contributed by atoms with Crippen molar-refractivity contribution < 1.29 is 0 Å². The van der Waals surface area contributed by atoms with E-state index in [0.29, 0.717) is 0 Å². The van der Waals surface area contributed by atoms with Gasteiger partial charge in [0.15, 0.2) is 0 Å². The highest BCUT2D eigenvalue weighted by Crippen LogP contribution is 2.11. The number of hydrogen-bond donors (Lipinski definition) is 1. The Balaban J connectivity index is 0.000000181. The zero-order valence-electron chi connectivity index (χ0n) is 10.2. The molecule has 0 bridgehead atoms. The SMILES string of the molecule is C1=CC=CNC=C1.[B].c1ccc2ccccc2c1. The third-order valence-corrected chi connectivity index (χ3v) is 2.38. The molecule has 1 nitrogen and oxygen atoms in total. The van der Waals surface area contributed by atoms with E-state index in [1.807, 2.05) is 36.7 Å². The minimum Gasteiger partial charge on any atom is -0.368 e. The summed E-state index contributed by atoms with van der Waals surface area (Å²) in [6.45, 7) is 0. The summed E-state index contributed by atoms with van der Waals surface area (Å²) in [6.07, 6.45) is 11.6. The summed E-state index contributed by atoms with van der Waals surface area (Å²) < 4.78 is 0. The molecule has 3 radical (unpaired) electrons. The quantitative estimate of drug-likeness (QED) is 0.684. The predicted molar refractivity (Wildman–Crippen MR) is 80.3 cm³/mol. The lowest BCUT2D eigenvalue weighted by Gasteiger charge is -1.92. The maximum absolute atomic E-state index is 2.92. The molecule has 18 heavy (non-hydrogen) atoms. The van der Waals surface area contributed by atoms with Crippen molar-refractivity contribution in [3.05, 3.63) is 85.2 Å². The van der Waals surface area contributed by atoms with E-state index in [-0.39, 0.29) is 8.41 Å². The highest BCUT2D eigenvalue weighted by Gasteiger charge is 1.85. The van der Waals surface area contributed by atoms with Crippen LogP contribution in [-0.4, -0.2) is 8.41 Å². The Hall–Kier alpha value is -2.22. The second kappa shape index (κ2) is 7.96. The number of allylic oxidation sites excluding steroid dienone is 4. The van der Waals surface area contributed by atoms with Crippen molar-refractivity contribution in [3.63, 3.8) is 0 Å². The van der Waals surface area contributed by atoms with Crippen molar-refractivity contribution in [3.8, 4) is 0 Å². The van der Waals surface area contributed by atoms with E-state index in [0.717, 1.165) is 0 Å². The van der Waals surface area contributed by atoms with Gasteiger partial charge in [0, 0.05) is 20.8 Å². The third kappa shape index (κ3) is 4.34. The van der Waals surface area contributed by atoms with Gasteiger partial charge < -0.3 is 5.32 Å². The van der Waals surface area contributed by atoms with Crippen LogP contribution in [0.1, 0.15) is 0 Å². The molecule has 1 aliphatic heterocycles. The Bertz CT molecular complexity index is 476. The van der Waals surface area contributed by atoms with Gasteiger partial charge in [-0.15, -0.1) is 0 Å². The fraction of sp³-hybridized carbons (Fsp3) is 0. The summed E-state index contributed by atoms with van der Waals surface area (Å²) in [6, 6.07) is 16.7. The molecule has 0 unspecified atom stereocenters. The fourth-order valence-corrected chi connectivity index (χ4v) is 1.54. The topological polar surface area (TPSA) is 12.0 Å². The lowest BCUT2D eigenvalue weighted by molar-refractivity contribution is 1.20. The van der Waals surface area contributed by atoms with E-state index in [1.54, 1.807) is 0 Å². The van der Waals surface area contributed by atoms with E-state index in [2.05, 4.69) is 53.8 Å². The predicted octanol–water partition coefficient (Wildman–Crippen LogP) is 3.63. The van der Waals surface area contributed by atoms with Crippen LogP contribution in [-0.2, 0) is 0 Å². The van der Waals surface area contributed by atoms with Gasteiger partial charge in [0.2, 0.25) is 0 Å². The van der Waals surface area contributed by atoms with Crippen molar-refractivity contribution in [1.29, 1.82) is 0 Å². The summed E-state index contributed by atoms with van der Waals surface area (Å²) in [5, 5.41) is 5.54. The van der Waals surface area contributed by atoms with Gasteiger partial charge in [-0.25, -0.2) is 0 Å². The zero-order valence-corrected chi connectivity index (χ0v) is 10.2. The minimum absolute atomic E-state index is 0. The van der Waals surface area contributed by atoms with Crippen molar-refractivity contribution in [2.75, 3.05) is 0 Å². The van der Waals surface area contributed by atoms with Gasteiger partial charge in [0.05, 0.1) is 0 Å². The van der Waals surface area contributed by atoms with Gasteiger partial charge >= 0.3 is 0 Å². The van der Waals surface area contributed by atoms with Crippen molar-refractivity contribution in [2.45, 2.75) is 0 Å². The normalized spacial score (nSPS) is 11.8. The Morgan fingerprint density at radius 1 is 0.556 bits per heavy atom. The molecule has 0 aliphatic carbocycles. The Labute approximate surface area is 110 Å². The first kappa shape index (κ1) is 13.8. The molecule has 1 aliphatic rings. The van der Waals surface area contributed by atoms with Gasteiger partial charge in [-0.1, -0.05) is 60.7 Å². The first-order chi connectivity index (χ1) is 8.47. The highest BCUT2D eigenvalue weighted by atomic mass is 14.8. The van der Waals surface area contributed by atoms with Crippen LogP contribution in [0.25, 0.3) is 10.8 Å². The van der Waals surface area contributed by atoms with Gasteiger partial charge in [0.25, 0.3) is 0 Å². The van der Waals surface area contributed by atoms with E-state index < -0.39 is 0 Å². The van der Waals surface area contributed by atoms with Crippen LogP contribution >= 0.6 is 0 Å².